The first kappa shape index (κ1) is 24.9. The molecule has 4 aromatic rings. The third-order valence-corrected chi connectivity index (χ3v) is 5.49. The molecule has 4 rings (SSSR count). The van der Waals surface area contributed by atoms with Crippen LogP contribution in [0.15, 0.2) is 79.6 Å². The van der Waals surface area contributed by atoms with E-state index in [-0.39, 0.29) is 29.1 Å². The van der Waals surface area contributed by atoms with E-state index in [2.05, 4.69) is 16.5 Å². The van der Waals surface area contributed by atoms with E-state index >= 15 is 0 Å². The Bertz CT molecular complexity index is 1400. The smallest absolute Gasteiger partial charge is 0.167 e. The van der Waals surface area contributed by atoms with Crippen LogP contribution in [0.3, 0.4) is 0 Å². The minimum atomic E-state index is -0.985. The van der Waals surface area contributed by atoms with Gasteiger partial charge in [-0.05, 0) is 30.2 Å². The van der Waals surface area contributed by atoms with Crippen LogP contribution < -0.4 is 4.74 Å². The SMILES string of the molecule is C=CCOc1ccc(-c2ncc(/C=C/c3ccc(-c4ccc(C(C)O)cc4)c(F)c3F)cn2)c(F)c1. The Morgan fingerprint density at radius 3 is 2.25 bits per heavy atom. The van der Waals surface area contributed by atoms with Crippen molar-refractivity contribution in [3.8, 4) is 28.3 Å². The van der Waals surface area contributed by atoms with Gasteiger partial charge in [-0.25, -0.2) is 23.1 Å². The maximum Gasteiger partial charge on any atom is 0.167 e. The lowest BCUT2D eigenvalue weighted by atomic mass is 10.00. The van der Waals surface area contributed by atoms with E-state index in [0.29, 0.717) is 22.4 Å². The molecule has 0 aliphatic carbocycles. The number of ether oxygens (including phenoxy) is 1. The molecule has 0 amide bonds. The Morgan fingerprint density at radius 1 is 0.917 bits per heavy atom. The molecule has 4 nitrogen and oxygen atoms in total. The van der Waals surface area contributed by atoms with E-state index in [1.54, 1.807) is 49.4 Å². The van der Waals surface area contributed by atoms with E-state index in [9.17, 15) is 18.3 Å². The Morgan fingerprint density at radius 2 is 1.61 bits per heavy atom. The number of hydrogen-bond donors (Lipinski definition) is 1. The summed E-state index contributed by atoms with van der Waals surface area (Å²) in [5, 5.41) is 9.62. The van der Waals surface area contributed by atoms with Gasteiger partial charge in [0.15, 0.2) is 17.5 Å². The van der Waals surface area contributed by atoms with Crippen LogP contribution in [0.4, 0.5) is 13.2 Å². The molecular formula is C29H23F3N2O2. The van der Waals surface area contributed by atoms with Crippen molar-refractivity contribution in [1.82, 2.24) is 9.97 Å². The summed E-state index contributed by atoms with van der Waals surface area (Å²) in [6.45, 7) is 5.44. The third kappa shape index (κ3) is 5.53. The van der Waals surface area contributed by atoms with Gasteiger partial charge in [-0.15, -0.1) is 0 Å². The quantitative estimate of drug-likeness (QED) is 0.271. The van der Waals surface area contributed by atoms with Gasteiger partial charge >= 0.3 is 0 Å². The van der Waals surface area contributed by atoms with Crippen LogP contribution in [0.5, 0.6) is 5.75 Å². The Hall–Kier alpha value is -4.23. The summed E-state index contributed by atoms with van der Waals surface area (Å²) in [6, 6.07) is 14.0. The second-order valence-electron chi connectivity index (χ2n) is 8.04. The largest absolute Gasteiger partial charge is 0.489 e. The summed E-state index contributed by atoms with van der Waals surface area (Å²) >= 11 is 0. The fourth-order valence-electron chi connectivity index (χ4n) is 3.53. The first-order valence-electron chi connectivity index (χ1n) is 11.2. The Kier molecular flexibility index (Phi) is 7.61. The Balaban J connectivity index is 1.51. The zero-order chi connectivity index (χ0) is 25.7. The summed E-state index contributed by atoms with van der Waals surface area (Å²) in [7, 11) is 0. The lowest BCUT2D eigenvalue weighted by Crippen LogP contribution is -1.96. The van der Waals surface area contributed by atoms with Crippen molar-refractivity contribution in [2.24, 2.45) is 0 Å². The second-order valence-corrected chi connectivity index (χ2v) is 8.04. The average Bonchev–Trinajstić information content (AvgIpc) is 2.89. The van der Waals surface area contributed by atoms with E-state index in [4.69, 9.17) is 4.74 Å². The molecule has 0 bridgehead atoms. The molecule has 0 fully saturated rings. The fraction of sp³-hybridized carbons (Fsp3) is 0.103. The number of aromatic nitrogens is 2. The molecule has 0 saturated heterocycles. The van der Waals surface area contributed by atoms with Crippen LogP contribution in [-0.4, -0.2) is 21.7 Å². The van der Waals surface area contributed by atoms with E-state index in [1.807, 2.05) is 0 Å². The lowest BCUT2D eigenvalue weighted by molar-refractivity contribution is 0.199. The van der Waals surface area contributed by atoms with Crippen molar-refractivity contribution in [1.29, 1.82) is 0 Å². The highest BCUT2D eigenvalue weighted by Crippen LogP contribution is 2.29. The molecule has 3 aromatic carbocycles. The number of hydrogen-bond acceptors (Lipinski definition) is 4. The predicted molar refractivity (Wildman–Crippen MR) is 134 cm³/mol. The third-order valence-electron chi connectivity index (χ3n) is 5.49. The molecule has 36 heavy (non-hydrogen) atoms. The Labute approximate surface area is 207 Å². The molecule has 0 spiro atoms. The van der Waals surface area contributed by atoms with Crippen molar-refractivity contribution in [2.75, 3.05) is 6.61 Å². The number of rotatable bonds is 8. The van der Waals surface area contributed by atoms with Crippen molar-refractivity contribution in [2.45, 2.75) is 13.0 Å². The number of aliphatic hydroxyl groups excluding tert-OH is 1. The molecule has 0 aliphatic heterocycles. The van der Waals surface area contributed by atoms with Gasteiger partial charge in [-0.1, -0.05) is 61.2 Å². The van der Waals surface area contributed by atoms with E-state index in [0.717, 1.165) is 0 Å². The highest BCUT2D eigenvalue weighted by molar-refractivity contribution is 5.73. The minimum absolute atomic E-state index is 0.0575. The zero-order valence-electron chi connectivity index (χ0n) is 19.5. The first-order valence-corrected chi connectivity index (χ1v) is 11.2. The normalized spacial score (nSPS) is 12.0. The van der Waals surface area contributed by atoms with Crippen LogP contribution in [0.2, 0.25) is 0 Å². The average molecular weight is 489 g/mol. The molecule has 7 heteroatoms. The predicted octanol–water partition coefficient (Wildman–Crippen LogP) is 7.02. The van der Waals surface area contributed by atoms with E-state index < -0.39 is 23.6 Å². The van der Waals surface area contributed by atoms with Crippen molar-refractivity contribution in [3.63, 3.8) is 0 Å². The number of aliphatic hydroxyl groups is 1. The van der Waals surface area contributed by atoms with Crippen LogP contribution in [0.25, 0.3) is 34.7 Å². The summed E-state index contributed by atoms with van der Waals surface area (Å²) in [5.41, 5.74) is 2.11. The molecule has 182 valence electrons. The highest BCUT2D eigenvalue weighted by atomic mass is 19.2. The van der Waals surface area contributed by atoms with Crippen LogP contribution in [-0.2, 0) is 0 Å². The van der Waals surface area contributed by atoms with Crippen LogP contribution in [0, 0.1) is 17.5 Å². The van der Waals surface area contributed by atoms with Gasteiger partial charge in [0.2, 0.25) is 0 Å². The van der Waals surface area contributed by atoms with Gasteiger partial charge in [-0.2, -0.15) is 0 Å². The second kappa shape index (κ2) is 11.0. The van der Waals surface area contributed by atoms with Gasteiger partial charge in [0.25, 0.3) is 0 Å². The van der Waals surface area contributed by atoms with Crippen LogP contribution >= 0.6 is 0 Å². The van der Waals surface area contributed by atoms with Gasteiger partial charge in [-0.3, -0.25) is 0 Å². The molecule has 1 unspecified atom stereocenters. The summed E-state index contributed by atoms with van der Waals surface area (Å²) in [6.07, 6.45) is 6.81. The molecule has 1 atom stereocenters. The summed E-state index contributed by atoms with van der Waals surface area (Å²) < 4.78 is 49.3. The summed E-state index contributed by atoms with van der Waals surface area (Å²) in [5.74, 6) is -1.93. The van der Waals surface area contributed by atoms with Gasteiger partial charge in [0.05, 0.1) is 11.7 Å². The topological polar surface area (TPSA) is 55.2 Å². The maximum absolute atomic E-state index is 14.8. The molecular weight excluding hydrogens is 465 g/mol. The van der Waals surface area contributed by atoms with Crippen molar-refractivity contribution >= 4 is 12.2 Å². The van der Waals surface area contributed by atoms with Crippen molar-refractivity contribution in [3.05, 3.63) is 114 Å². The van der Waals surface area contributed by atoms with Crippen LogP contribution in [0.1, 0.15) is 29.7 Å². The lowest BCUT2D eigenvalue weighted by Gasteiger charge is -2.09. The monoisotopic (exact) mass is 488 g/mol. The minimum Gasteiger partial charge on any atom is -0.489 e. The number of nitrogens with zero attached hydrogens (tertiary/aromatic N) is 2. The van der Waals surface area contributed by atoms with Gasteiger partial charge < -0.3 is 9.84 Å². The zero-order valence-corrected chi connectivity index (χ0v) is 19.5. The molecule has 0 radical (unpaired) electrons. The van der Waals surface area contributed by atoms with Crippen molar-refractivity contribution < 1.29 is 23.0 Å². The maximum atomic E-state index is 14.8. The highest BCUT2D eigenvalue weighted by Gasteiger charge is 2.14. The molecule has 0 saturated carbocycles. The fourth-order valence-corrected chi connectivity index (χ4v) is 3.53. The number of halogens is 3. The molecule has 1 aromatic heterocycles. The molecule has 0 aliphatic rings. The van der Waals surface area contributed by atoms with E-state index in [1.165, 1.54) is 42.7 Å². The number of benzene rings is 3. The van der Waals surface area contributed by atoms with Gasteiger partial charge in [0.1, 0.15) is 18.2 Å². The summed E-state index contributed by atoms with van der Waals surface area (Å²) in [4.78, 5) is 8.36. The molecule has 1 heterocycles. The van der Waals surface area contributed by atoms with Gasteiger partial charge in [0, 0.05) is 35.2 Å². The molecule has 1 N–H and O–H groups in total. The standard InChI is InChI=1S/C29H23F3N2O2/c1-3-14-36-23-11-13-25(26(30)15-23)29-33-16-19(17-34-29)4-5-22-10-12-24(28(32)27(22)31)21-8-6-20(7-9-21)18(2)35/h3-13,15-18,35H,1,14H2,2H3/b5-4+. The first-order chi connectivity index (χ1) is 17.4.